The van der Waals surface area contributed by atoms with E-state index in [2.05, 4.69) is 10.2 Å². The molecule has 154 valence electrons. The van der Waals surface area contributed by atoms with E-state index in [9.17, 15) is 9.59 Å². The number of nitrogens with one attached hydrogen (secondary N) is 1. The fourth-order valence-corrected chi connectivity index (χ4v) is 3.47. The third kappa shape index (κ3) is 4.77. The second-order valence-corrected chi connectivity index (χ2v) is 7.98. The number of hydrogen-bond acceptors (Lipinski definition) is 6. The van der Waals surface area contributed by atoms with E-state index in [0.29, 0.717) is 5.69 Å². The van der Waals surface area contributed by atoms with E-state index in [-0.39, 0.29) is 11.1 Å². The quantitative estimate of drug-likeness (QED) is 0.798. The first-order valence-corrected chi connectivity index (χ1v) is 9.81. The number of methoxy groups -OCH3 is 1. The molecule has 6 nitrogen and oxygen atoms in total. The van der Waals surface area contributed by atoms with Crippen LogP contribution in [0.25, 0.3) is 11.1 Å². The average Bonchev–Trinajstić information content (AvgIpc) is 2.72. The Morgan fingerprint density at radius 1 is 0.966 bits per heavy atom. The van der Waals surface area contributed by atoms with Crippen LogP contribution in [0.2, 0.25) is 0 Å². The van der Waals surface area contributed by atoms with Gasteiger partial charge in [-0.1, -0.05) is 36.4 Å². The standard InChI is InChI=1S/C23H28N2O4/c1-23(2,3)29-21(26)18-11-10-17(16-8-6-5-7-9-16)20(19(18)22(27)28-4)25-14-12-24-13-15-25/h5-11,24H,12-15H2,1-4H3. The van der Waals surface area contributed by atoms with Gasteiger partial charge in [-0.3, -0.25) is 0 Å². The molecule has 1 aliphatic rings. The molecule has 0 atom stereocenters. The molecule has 1 saturated heterocycles. The summed E-state index contributed by atoms with van der Waals surface area (Å²) in [7, 11) is 1.33. The molecule has 0 radical (unpaired) electrons. The van der Waals surface area contributed by atoms with Gasteiger partial charge in [-0.05, 0) is 32.4 Å². The highest BCUT2D eigenvalue weighted by atomic mass is 16.6. The van der Waals surface area contributed by atoms with Crippen LogP contribution in [0.5, 0.6) is 0 Å². The maximum Gasteiger partial charge on any atom is 0.340 e. The molecular formula is C23H28N2O4. The van der Waals surface area contributed by atoms with Crippen molar-refractivity contribution < 1.29 is 19.1 Å². The molecule has 1 fully saturated rings. The van der Waals surface area contributed by atoms with E-state index in [0.717, 1.165) is 37.3 Å². The average molecular weight is 396 g/mol. The van der Waals surface area contributed by atoms with Crippen LogP contribution < -0.4 is 10.2 Å². The van der Waals surface area contributed by atoms with E-state index >= 15 is 0 Å². The van der Waals surface area contributed by atoms with E-state index in [1.807, 2.05) is 36.4 Å². The van der Waals surface area contributed by atoms with Gasteiger partial charge >= 0.3 is 11.9 Å². The lowest BCUT2D eigenvalue weighted by Crippen LogP contribution is -2.44. The first-order valence-electron chi connectivity index (χ1n) is 9.81. The van der Waals surface area contributed by atoms with Gasteiger partial charge in [-0.2, -0.15) is 0 Å². The number of carbonyl (C=O) groups is 2. The molecule has 0 aliphatic carbocycles. The van der Waals surface area contributed by atoms with Crippen LogP contribution in [0.3, 0.4) is 0 Å². The van der Waals surface area contributed by atoms with Crippen molar-refractivity contribution in [3.8, 4) is 11.1 Å². The predicted octanol–water partition coefficient (Wildman–Crippen LogP) is 3.51. The zero-order valence-corrected chi connectivity index (χ0v) is 17.5. The zero-order chi connectivity index (χ0) is 21.0. The Kier molecular flexibility index (Phi) is 6.23. The minimum Gasteiger partial charge on any atom is -0.465 e. The molecule has 2 aromatic carbocycles. The lowest BCUT2D eigenvalue weighted by molar-refractivity contribution is 0.00653. The third-order valence-electron chi connectivity index (χ3n) is 4.70. The van der Waals surface area contributed by atoms with Crippen molar-refractivity contribution >= 4 is 17.6 Å². The van der Waals surface area contributed by atoms with Crippen LogP contribution in [-0.2, 0) is 9.47 Å². The van der Waals surface area contributed by atoms with Crippen molar-refractivity contribution in [2.24, 2.45) is 0 Å². The largest absolute Gasteiger partial charge is 0.465 e. The number of hydrogen-bond donors (Lipinski definition) is 1. The summed E-state index contributed by atoms with van der Waals surface area (Å²) in [6.07, 6.45) is 0. The van der Waals surface area contributed by atoms with Crippen molar-refractivity contribution in [3.63, 3.8) is 0 Å². The van der Waals surface area contributed by atoms with Crippen LogP contribution >= 0.6 is 0 Å². The highest BCUT2D eigenvalue weighted by Gasteiger charge is 2.30. The summed E-state index contributed by atoms with van der Waals surface area (Å²) in [6.45, 7) is 8.45. The maximum absolute atomic E-state index is 12.9. The molecule has 1 heterocycles. The number of ether oxygens (including phenoxy) is 2. The fraction of sp³-hybridized carbons (Fsp3) is 0.391. The summed E-state index contributed by atoms with van der Waals surface area (Å²) in [4.78, 5) is 27.9. The fourth-order valence-electron chi connectivity index (χ4n) is 3.47. The Bertz CT molecular complexity index is 882. The van der Waals surface area contributed by atoms with E-state index in [1.165, 1.54) is 7.11 Å². The minimum atomic E-state index is -0.669. The van der Waals surface area contributed by atoms with Crippen molar-refractivity contribution in [2.75, 3.05) is 38.2 Å². The number of anilines is 1. The molecule has 29 heavy (non-hydrogen) atoms. The Hall–Kier alpha value is -2.86. The van der Waals surface area contributed by atoms with Gasteiger partial charge in [0.25, 0.3) is 0 Å². The first kappa shape index (κ1) is 20.9. The molecule has 3 rings (SSSR count). The second kappa shape index (κ2) is 8.66. The molecule has 2 aromatic rings. The number of rotatable bonds is 4. The minimum absolute atomic E-state index is 0.222. The highest BCUT2D eigenvalue weighted by Crippen LogP contribution is 2.37. The molecule has 0 unspecified atom stereocenters. The first-order chi connectivity index (χ1) is 13.8. The van der Waals surface area contributed by atoms with Gasteiger partial charge < -0.3 is 19.7 Å². The van der Waals surface area contributed by atoms with Crippen molar-refractivity contribution in [1.29, 1.82) is 0 Å². The summed E-state index contributed by atoms with van der Waals surface area (Å²) < 4.78 is 10.7. The lowest BCUT2D eigenvalue weighted by Gasteiger charge is -2.33. The van der Waals surface area contributed by atoms with Gasteiger partial charge in [0.05, 0.1) is 23.9 Å². The van der Waals surface area contributed by atoms with Gasteiger partial charge in [-0.15, -0.1) is 0 Å². The van der Waals surface area contributed by atoms with Crippen LogP contribution in [0.4, 0.5) is 5.69 Å². The molecular weight excluding hydrogens is 368 g/mol. The number of carbonyl (C=O) groups excluding carboxylic acids is 2. The summed E-state index contributed by atoms with van der Waals surface area (Å²) in [5, 5.41) is 3.33. The van der Waals surface area contributed by atoms with Crippen LogP contribution in [0.15, 0.2) is 42.5 Å². The van der Waals surface area contributed by atoms with Gasteiger partial charge in [0.2, 0.25) is 0 Å². The summed E-state index contributed by atoms with van der Waals surface area (Å²) in [5.41, 5.74) is 2.39. The van der Waals surface area contributed by atoms with Crippen molar-refractivity contribution in [2.45, 2.75) is 26.4 Å². The number of piperazine rings is 1. The Labute approximate surface area is 171 Å². The number of esters is 2. The smallest absolute Gasteiger partial charge is 0.340 e. The number of nitrogens with zero attached hydrogens (tertiary/aromatic N) is 1. The molecule has 0 amide bonds. The van der Waals surface area contributed by atoms with Crippen LogP contribution in [0.1, 0.15) is 41.5 Å². The summed E-state index contributed by atoms with van der Waals surface area (Å²) in [5.74, 6) is -1.08. The highest BCUT2D eigenvalue weighted by molar-refractivity contribution is 6.10. The Morgan fingerprint density at radius 3 is 2.21 bits per heavy atom. The molecule has 0 aromatic heterocycles. The molecule has 0 bridgehead atoms. The summed E-state index contributed by atoms with van der Waals surface area (Å²) in [6, 6.07) is 13.4. The van der Waals surface area contributed by atoms with E-state index < -0.39 is 17.5 Å². The lowest BCUT2D eigenvalue weighted by atomic mass is 9.94. The van der Waals surface area contributed by atoms with Crippen molar-refractivity contribution in [1.82, 2.24) is 5.32 Å². The molecule has 6 heteroatoms. The zero-order valence-electron chi connectivity index (χ0n) is 17.5. The van der Waals surface area contributed by atoms with E-state index in [4.69, 9.17) is 9.47 Å². The van der Waals surface area contributed by atoms with Gasteiger partial charge in [0.15, 0.2) is 0 Å². The van der Waals surface area contributed by atoms with Crippen LogP contribution in [-0.4, -0.2) is 50.8 Å². The molecule has 0 saturated carbocycles. The third-order valence-corrected chi connectivity index (χ3v) is 4.70. The second-order valence-electron chi connectivity index (χ2n) is 7.98. The summed E-state index contributed by atoms with van der Waals surface area (Å²) >= 11 is 0. The maximum atomic E-state index is 12.9. The van der Waals surface area contributed by atoms with Gasteiger partial charge in [-0.25, -0.2) is 9.59 Å². The number of benzene rings is 2. The predicted molar refractivity (Wildman–Crippen MR) is 113 cm³/mol. The van der Waals surface area contributed by atoms with Gasteiger partial charge in [0.1, 0.15) is 5.60 Å². The Balaban J connectivity index is 2.24. The molecule has 0 spiro atoms. The molecule has 1 N–H and O–H groups in total. The topological polar surface area (TPSA) is 67.9 Å². The normalized spacial score (nSPS) is 14.4. The van der Waals surface area contributed by atoms with E-state index in [1.54, 1.807) is 26.8 Å². The van der Waals surface area contributed by atoms with Crippen LogP contribution in [0, 0.1) is 0 Å². The monoisotopic (exact) mass is 396 g/mol. The Morgan fingerprint density at radius 2 is 1.62 bits per heavy atom. The SMILES string of the molecule is COC(=O)c1c(C(=O)OC(C)(C)C)ccc(-c2ccccc2)c1N1CCNCC1. The molecule has 1 aliphatic heterocycles. The van der Waals surface area contributed by atoms with Gasteiger partial charge in [0, 0.05) is 31.7 Å². The van der Waals surface area contributed by atoms with Crippen molar-refractivity contribution in [3.05, 3.63) is 53.6 Å².